The smallest absolute Gasteiger partial charge is 0.136 e. The largest absolute Gasteiger partial charge is 0.512 e. The summed E-state index contributed by atoms with van der Waals surface area (Å²) in [6, 6.07) is 1.86. The van der Waals surface area contributed by atoms with Gasteiger partial charge < -0.3 is 5.11 Å². The second kappa shape index (κ2) is 4.28. The van der Waals surface area contributed by atoms with E-state index in [1.54, 1.807) is 12.3 Å². The van der Waals surface area contributed by atoms with Gasteiger partial charge in [0.25, 0.3) is 0 Å². The van der Waals surface area contributed by atoms with Gasteiger partial charge in [-0.25, -0.2) is 4.98 Å². The standard InChI is InChI=1S/C10H12ClNO/c1-3-8(13)6-9-7(2)4-5-12-10(9)11/h4-6,13H,3H2,1-2H3/b8-6+. The third-order valence-corrected chi connectivity index (χ3v) is 2.13. The van der Waals surface area contributed by atoms with Gasteiger partial charge in [0, 0.05) is 18.2 Å². The van der Waals surface area contributed by atoms with E-state index in [1.165, 1.54) is 0 Å². The summed E-state index contributed by atoms with van der Waals surface area (Å²) in [5.74, 6) is 0.318. The minimum absolute atomic E-state index is 0.318. The summed E-state index contributed by atoms with van der Waals surface area (Å²) in [4.78, 5) is 3.94. The lowest BCUT2D eigenvalue weighted by Gasteiger charge is -2.02. The number of aliphatic hydroxyl groups excluding tert-OH is 1. The molecule has 0 atom stereocenters. The molecule has 0 saturated carbocycles. The molecule has 1 rings (SSSR count). The van der Waals surface area contributed by atoms with Gasteiger partial charge in [-0.15, -0.1) is 0 Å². The zero-order valence-corrected chi connectivity index (χ0v) is 8.47. The van der Waals surface area contributed by atoms with Crippen molar-refractivity contribution in [2.24, 2.45) is 0 Å². The normalized spacial score (nSPS) is 11.8. The Bertz CT molecular complexity index is 313. The average Bonchev–Trinajstić information content (AvgIpc) is 2.11. The van der Waals surface area contributed by atoms with Crippen molar-refractivity contribution in [2.75, 3.05) is 0 Å². The number of hydrogen-bond acceptors (Lipinski definition) is 2. The monoisotopic (exact) mass is 197 g/mol. The van der Waals surface area contributed by atoms with Gasteiger partial charge in [0.05, 0.1) is 5.76 Å². The molecule has 2 nitrogen and oxygen atoms in total. The highest BCUT2D eigenvalue weighted by Crippen LogP contribution is 2.19. The topological polar surface area (TPSA) is 33.1 Å². The summed E-state index contributed by atoms with van der Waals surface area (Å²) >= 11 is 5.86. The first-order valence-corrected chi connectivity index (χ1v) is 4.53. The summed E-state index contributed by atoms with van der Waals surface area (Å²) in [6.45, 7) is 3.81. The van der Waals surface area contributed by atoms with Gasteiger partial charge in [-0.2, -0.15) is 0 Å². The van der Waals surface area contributed by atoms with Crippen LogP contribution in [0.2, 0.25) is 5.15 Å². The van der Waals surface area contributed by atoms with E-state index in [2.05, 4.69) is 4.98 Å². The van der Waals surface area contributed by atoms with Crippen LogP contribution >= 0.6 is 11.6 Å². The molecule has 1 aromatic rings. The minimum atomic E-state index is 0.318. The molecule has 0 fully saturated rings. The van der Waals surface area contributed by atoms with Crippen molar-refractivity contribution in [3.63, 3.8) is 0 Å². The van der Waals surface area contributed by atoms with E-state index in [-0.39, 0.29) is 0 Å². The lowest BCUT2D eigenvalue weighted by molar-refractivity contribution is 0.400. The first-order valence-electron chi connectivity index (χ1n) is 4.15. The molecule has 0 unspecified atom stereocenters. The van der Waals surface area contributed by atoms with Crippen molar-refractivity contribution in [3.05, 3.63) is 34.3 Å². The second-order valence-corrected chi connectivity index (χ2v) is 3.18. The molecule has 3 heteroatoms. The number of aromatic nitrogens is 1. The minimum Gasteiger partial charge on any atom is -0.512 e. The molecular weight excluding hydrogens is 186 g/mol. The maximum absolute atomic E-state index is 9.33. The molecule has 1 aromatic heterocycles. The first kappa shape index (κ1) is 10.1. The first-order chi connectivity index (χ1) is 6.15. The summed E-state index contributed by atoms with van der Waals surface area (Å²) in [5, 5.41) is 9.77. The van der Waals surface area contributed by atoms with Crippen molar-refractivity contribution in [2.45, 2.75) is 20.3 Å². The van der Waals surface area contributed by atoms with Gasteiger partial charge in [-0.1, -0.05) is 18.5 Å². The Balaban J connectivity index is 3.14. The van der Waals surface area contributed by atoms with Crippen LogP contribution in [0.3, 0.4) is 0 Å². The van der Waals surface area contributed by atoms with E-state index in [4.69, 9.17) is 11.6 Å². The molecule has 0 aliphatic carbocycles. The molecule has 13 heavy (non-hydrogen) atoms. The zero-order valence-electron chi connectivity index (χ0n) is 7.71. The van der Waals surface area contributed by atoms with E-state index in [9.17, 15) is 5.11 Å². The Morgan fingerprint density at radius 3 is 2.92 bits per heavy atom. The average molecular weight is 198 g/mol. The Hall–Kier alpha value is -1.02. The van der Waals surface area contributed by atoms with Gasteiger partial charge >= 0.3 is 0 Å². The van der Waals surface area contributed by atoms with Crippen molar-refractivity contribution >= 4 is 17.7 Å². The molecule has 0 radical (unpaired) electrons. The zero-order chi connectivity index (χ0) is 9.84. The number of nitrogens with zero attached hydrogens (tertiary/aromatic N) is 1. The van der Waals surface area contributed by atoms with Crippen molar-refractivity contribution < 1.29 is 5.11 Å². The number of rotatable bonds is 2. The van der Waals surface area contributed by atoms with Gasteiger partial charge in [-0.05, 0) is 24.6 Å². The highest BCUT2D eigenvalue weighted by Gasteiger charge is 2.02. The number of allylic oxidation sites excluding steroid dienone is 1. The fraction of sp³-hybridized carbons (Fsp3) is 0.300. The quantitative estimate of drug-likeness (QED) is 0.583. The maximum Gasteiger partial charge on any atom is 0.136 e. The molecule has 70 valence electrons. The van der Waals surface area contributed by atoms with Crippen LogP contribution in [0.5, 0.6) is 0 Å². The van der Waals surface area contributed by atoms with E-state index in [0.29, 0.717) is 17.3 Å². The van der Waals surface area contributed by atoms with E-state index >= 15 is 0 Å². The molecule has 0 spiro atoms. The lowest BCUT2D eigenvalue weighted by atomic mass is 10.1. The number of hydrogen-bond donors (Lipinski definition) is 1. The van der Waals surface area contributed by atoms with Gasteiger partial charge in [0.2, 0.25) is 0 Å². The summed E-state index contributed by atoms with van der Waals surface area (Å²) in [7, 11) is 0. The number of aryl methyl sites for hydroxylation is 1. The highest BCUT2D eigenvalue weighted by molar-refractivity contribution is 6.30. The fourth-order valence-electron chi connectivity index (χ4n) is 0.979. The molecular formula is C10H12ClNO. The van der Waals surface area contributed by atoms with E-state index in [1.807, 2.05) is 19.9 Å². The molecule has 1 heterocycles. The third-order valence-electron chi connectivity index (χ3n) is 1.83. The van der Waals surface area contributed by atoms with Crippen LogP contribution < -0.4 is 0 Å². The Labute approximate surface area is 82.9 Å². The maximum atomic E-state index is 9.33. The molecule has 0 bridgehead atoms. The van der Waals surface area contributed by atoms with Crippen LogP contribution in [0, 0.1) is 6.92 Å². The highest BCUT2D eigenvalue weighted by atomic mass is 35.5. The number of aliphatic hydroxyl groups is 1. The third kappa shape index (κ3) is 2.46. The molecule has 0 amide bonds. The Morgan fingerprint density at radius 1 is 1.69 bits per heavy atom. The summed E-state index contributed by atoms with van der Waals surface area (Å²) in [6.07, 6.45) is 3.91. The number of pyridine rings is 1. The summed E-state index contributed by atoms with van der Waals surface area (Å²) in [5.41, 5.74) is 1.81. The predicted molar refractivity (Wildman–Crippen MR) is 54.9 cm³/mol. The van der Waals surface area contributed by atoms with Gasteiger partial charge in [0.1, 0.15) is 5.15 Å². The molecule has 1 N–H and O–H groups in total. The van der Waals surface area contributed by atoms with Crippen LogP contribution in [0.4, 0.5) is 0 Å². The second-order valence-electron chi connectivity index (χ2n) is 2.82. The van der Waals surface area contributed by atoms with Crippen molar-refractivity contribution in [3.8, 4) is 0 Å². The van der Waals surface area contributed by atoms with E-state index in [0.717, 1.165) is 11.1 Å². The van der Waals surface area contributed by atoms with Gasteiger partial charge in [0.15, 0.2) is 0 Å². The molecule has 0 aliphatic heterocycles. The van der Waals surface area contributed by atoms with Crippen molar-refractivity contribution in [1.82, 2.24) is 4.98 Å². The lowest BCUT2D eigenvalue weighted by Crippen LogP contribution is -1.87. The van der Waals surface area contributed by atoms with Gasteiger partial charge in [-0.3, -0.25) is 0 Å². The van der Waals surface area contributed by atoms with Crippen molar-refractivity contribution in [1.29, 1.82) is 0 Å². The van der Waals surface area contributed by atoms with Crippen LogP contribution in [-0.4, -0.2) is 10.1 Å². The van der Waals surface area contributed by atoms with Crippen LogP contribution in [-0.2, 0) is 0 Å². The van der Waals surface area contributed by atoms with Crippen LogP contribution in [0.25, 0.3) is 6.08 Å². The Morgan fingerprint density at radius 2 is 2.38 bits per heavy atom. The van der Waals surface area contributed by atoms with Crippen LogP contribution in [0.1, 0.15) is 24.5 Å². The molecule has 0 aliphatic rings. The SMILES string of the molecule is CC/C(O)=C\c1c(C)ccnc1Cl. The van der Waals surface area contributed by atoms with Crippen LogP contribution in [0.15, 0.2) is 18.0 Å². The van der Waals surface area contributed by atoms with E-state index < -0.39 is 0 Å². The number of halogens is 1. The fourth-order valence-corrected chi connectivity index (χ4v) is 1.24. The predicted octanol–water partition coefficient (Wildman–Crippen LogP) is 3.35. The Kier molecular flexibility index (Phi) is 3.32. The summed E-state index contributed by atoms with van der Waals surface area (Å²) < 4.78 is 0. The molecule has 0 aromatic carbocycles. The molecule has 0 saturated heterocycles.